The van der Waals surface area contributed by atoms with Gasteiger partial charge in [0, 0.05) is 70.8 Å². The number of rotatable bonds is 1. The maximum absolute atomic E-state index is 5.40. The Morgan fingerprint density at radius 1 is 0.833 bits per heavy atom. The summed E-state index contributed by atoms with van der Waals surface area (Å²) in [6.45, 7) is 0. The van der Waals surface area contributed by atoms with E-state index in [0.717, 1.165) is 24.1 Å². The van der Waals surface area contributed by atoms with Crippen LogP contribution in [0.5, 0.6) is 0 Å². The lowest BCUT2D eigenvalue weighted by Crippen LogP contribution is -2.42. The summed E-state index contributed by atoms with van der Waals surface area (Å²) in [6.07, 6.45) is 6.61. The number of aryl methyl sites for hydroxylation is 1. The number of allylic oxidation sites excluding steroid dienone is 2. The molecular formula is C32H26N4. The first-order chi connectivity index (χ1) is 17.7. The smallest absolute Gasteiger partial charge is 0.0967 e. The van der Waals surface area contributed by atoms with Crippen molar-refractivity contribution in [3.8, 4) is 11.4 Å². The maximum Gasteiger partial charge on any atom is 0.0967 e. The van der Waals surface area contributed by atoms with Gasteiger partial charge in [0.05, 0.1) is 28.6 Å². The molecule has 0 radical (unpaired) electrons. The standard InChI is InChI=1S/C32H26N4/c1-35-25-17-9-5-13-21(25)27(29-31(35)19-11-3-7-15-23(19)33-29)28-22-14-6-10-18-26(22)36(2)32-20-12-4-8-16-24(20)34-30(28)32/h3-11,13-15,17-18,20,32H,12,16H2,1-2H3. The summed E-state index contributed by atoms with van der Waals surface area (Å²) in [4.78, 5) is 13.1. The van der Waals surface area contributed by atoms with Gasteiger partial charge in [-0.15, -0.1) is 0 Å². The van der Waals surface area contributed by atoms with Crippen molar-refractivity contribution < 1.29 is 0 Å². The van der Waals surface area contributed by atoms with E-state index in [2.05, 4.69) is 109 Å². The fraction of sp³-hybridized carbons (Fsp3) is 0.188. The van der Waals surface area contributed by atoms with Gasteiger partial charge in [-0.1, -0.05) is 66.7 Å². The number of para-hydroxylation sites is 3. The number of hydrogen-bond donors (Lipinski definition) is 0. The lowest BCUT2D eigenvalue weighted by molar-refractivity contribution is 0.576. The number of hydrogen-bond acceptors (Lipinski definition) is 3. The van der Waals surface area contributed by atoms with E-state index in [9.17, 15) is 0 Å². The molecule has 4 nitrogen and oxygen atoms in total. The number of anilines is 1. The van der Waals surface area contributed by atoms with Crippen LogP contribution in [0.3, 0.4) is 0 Å². The predicted molar refractivity (Wildman–Crippen MR) is 149 cm³/mol. The molecule has 8 rings (SSSR count). The topological polar surface area (TPSA) is 33.4 Å². The molecule has 1 aliphatic carbocycles. The highest BCUT2D eigenvalue weighted by atomic mass is 15.2. The van der Waals surface area contributed by atoms with Gasteiger partial charge in [0.1, 0.15) is 0 Å². The molecule has 2 atom stereocenters. The average molecular weight is 467 g/mol. The Balaban J connectivity index is 1.56. The third-order valence-corrected chi connectivity index (χ3v) is 8.44. The van der Waals surface area contributed by atoms with E-state index in [-0.39, 0.29) is 6.04 Å². The SMILES string of the molecule is CN1c2ccccc2C(c2c3nc4ccccc4c-3n(C)c3ccccc23)=C2N=C3CC=CCC3C21. The quantitative estimate of drug-likeness (QED) is 0.254. The van der Waals surface area contributed by atoms with Crippen LogP contribution in [0.2, 0.25) is 0 Å². The minimum Gasteiger partial charge on any atom is -0.365 e. The molecule has 4 heteroatoms. The molecular weight excluding hydrogens is 440 g/mol. The van der Waals surface area contributed by atoms with E-state index in [1.54, 1.807) is 0 Å². The normalized spacial score (nSPS) is 20.7. The van der Waals surface area contributed by atoms with E-state index < -0.39 is 0 Å². The zero-order valence-electron chi connectivity index (χ0n) is 20.4. The second-order valence-corrected chi connectivity index (χ2v) is 10.2. The molecule has 0 saturated heterocycles. The van der Waals surface area contributed by atoms with Crippen molar-refractivity contribution in [1.82, 2.24) is 9.55 Å². The molecule has 0 bridgehead atoms. The summed E-state index contributed by atoms with van der Waals surface area (Å²) in [5.74, 6) is 0.423. The summed E-state index contributed by atoms with van der Waals surface area (Å²) in [5.41, 5.74) is 12.0. The third kappa shape index (κ3) is 2.49. The van der Waals surface area contributed by atoms with Gasteiger partial charge in [-0.3, -0.25) is 4.99 Å². The van der Waals surface area contributed by atoms with Crippen molar-refractivity contribution in [2.75, 3.05) is 11.9 Å². The summed E-state index contributed by atoms with van der Waals surface area (Å²) >= 11 is 0. The first-order valence-electron chi connectivity index (χ1n) is 12.8. The van der Waals surface area contributed by atoms with Crippen LogP contribution in [-0.2, 0) is 7.05 Å². The van der Waals surface area contributed by atoms with Crippen molar-refractivity contribution in [3.05, 3.63) is 102 Å². The Morgan fingerprint density at radius 2 is 1.61 bits per heavy atom. The number of nitrogens with zero attached hydrogens (tertiary/aromatic N) is 4. The molecule has 0 amide bonds. The van der Waals surface area contributed by atoms with E-state index in [1.807, 2.05) is 0 Å². The van der Waals surface area contributed by atoms with Gasteiger partial charge in [-0.25, -0.2) is 4.98 Å². The van der Waals surface area contributed by atoms with Gasteiger partial charge >= 0.3 is 0 Å². The lowest BCUT2D eigenvalue weighted by atomic mass is 9.80. The first-order valence-corrected chi connectivity index (χ1v) is 12.8. The highest BCUT2D eigenvalue weighted by Gasteiger charge is 2.44. The zero-order chi connectivity index (χ0) is 24.0. The number of pyridine rings is 1. The number of aliphatic imine (C=N–C) groups is 1. The molecule has 36 heavy (non-hydrogen) atoms. The van der Waals surface area contributed by atoms with Crippen molar-refractivity contribution in [1.29, 1.82) is 0 Å². The average Bonchev–Trinajstić information content (AvgIpc) is 3.50. The molecule has 4 heterocycles. The van der Waals surface area contributed by atoms with Gasteiger partial charge in [-0.2, -0.15) is 0 Å². The van der Waals surface area contributed by atoms with Crippen LogP contribution in [0.4, 0.5) is 5.69 Å². The van der Waals surface area contributed by atoms with Gasteiger partial charge in [-0.05, 0) is 24.6 Å². The fourth-order valence-electron chi connectivity index (χ4n) is 6.85. The highest BCUT2D eigenvalue weighted by Crippen LogP contribution is 2.51. The van der Waals surface area contributed by atoms with E-state index in [0.29, 0.717) is 5.92 Å². The molecule has 0 fully saturated rings. The maximum atomic E-state index is 5.40. The summed E-state index contributed by atoms with van der Waals surface area (Å²) in [7, 11) is 4.41. The van der Waals surface area contributed by atoms with E-state index >= 15 is 0 Å². The van der Waals surface area contributed by atoms with Gasteiger partial charge < -0.3 is 9.47 Å². The monoisotopic (exact) mass is 466 g/mol. The zero-order valence-corrected chi connectivity index (χ0v) is 20.4. The summed E-state index contributed by atoms with van der Waals surface area (Å²) in [6, 6.07) is 26.4. The Kier molecular flexibility index (Phi) is 4.00. The Bertz CT molecular complexity index is 1780. The molecule has 0 spiro atoms. The Hall–Kier alpha value is -4.18. The van der Waals surface area contributed by atoms with Crippen LogP contribution in [0.1, 0.15) is 24.0 Å². The van der Waals surface area contributed by atoms with Crippen LogP contribution in [0, 0.1) is 5.92 Å². The summed E-state index contributed by atoms with van der Waals surface area (Å²) < 4.78 is 2.32. The second-order valence-electron chi connectivity index (χ2n) is 10.2. The van der Waals surface area contributed by atoms with Gasteiger partial charge in [0.25, 0.3) is 0 Å². The van der Waals surface area contributed by atoms with Crippen LogP contribution in [-0.4, -0.2) is 28.4 Å². The van der Waals surface area contributed by atoms with Crippen LogP contribution in [0.15, 0.2) is 95.6 Å². The van der Waals surface area contributed by atoms with Crippen LogP contribution in [0.25, 0.3) is 38.8 Å². The largest absolute Gasteiger partial charge is 0.365 e. The predicted octanol–water partition coefficient (Wildman–Crippen LogP) is 6.83. The number of benzene rings is 3. The molecule has 5 aliphatic rings. The van der Waals surface area contributed by atoms with Gasteiger partial charge in [0.15, 0.2) is 0 Å². The third-order valence-electron chi connectivity index (χ3n) is 8.44. The lowest BCUT2D eigenvalue weighted by Gasteiger charge is -2.39. The second kappa shape index (κ2) is 7.17. The molecule has 3 aromatic rings. The van der Waals surface area contributed by atoms with Crippen molar-refractivity contribution in [3.63, 3.8) is 0 Å². The van der Waals surface area contributed by atoms with Crippen molar-refractivity contribution >= 4 is 38.8 Å². The van der Waals surface area contributed by atoms with Crippen molar-refractivity contribution in [2.45, 2.75) is 18.9 Å². The van der Waals surface area contributed by atoms with Crippen LogP contribution >= 0.6 is 0 Å². The Labute approximate surface area is 210 Å². The minimum atomic E-state index is 0.238. The molecule has 4 aliphatic heterocycles. The first kappa shape index (κ1) is 20.1. The van der Waals surface area contributed by atoms with Gasteiger partial charge in [0.2, 0.25) is 0 Å². The Morgan fingerprint density at radius 3 is 2.53 bits per heavy atom. The molecule has 0 aromatic heterocycles. The van der Waals surface area contributed by atoms with E-state index in [1.165, 1.54) is 55.8 Å². The summed E-state index contributed by atoms with van der Waals surface area (Å²) in [5, 5.41) is 2.42. The van der Waals surface area contributed by atoms with E-state index in [4.69, 9.17) is 9.98 Å². The number of fused-ring (bicyclic) bond motifs is 8. The number of likely N-dealkylation sites (N-methyl/N-ethyl adjacent to an activating group) is 1. The molecule has 3 aromatic carbocycles. The molecule has 0 saturated carbocycles. The minimum absolute atomic E-state index is 0.238. The number of aromatic nitrogens is 2. The molecule has 174 valence electrons. The fourth-order valence-corrected chi connectivity index (χ4v) is 6.85. The molecule has 2 unspecified atom stereocenters. The molecule has 0 N–H and O–H groups in total. The highest BCUT2D eigenvalue weighted by molar-refractivity contribution is 6.12. The van der Waals surface area contributed by atoms with Crippen molar-refractivity contribution in [2.24, 2.45) is 18.0 Å². The van der Waals surface area contributed by atoms with Crippen LogP contribution < -0.4 is 4.90 Å².